The lowest BCUT2D eigenvalue weighted by Crippen LogP contribution is -2.55. The van der Waals surface area contributed by atoms with E-state index in [1.807, 2.05) is 58.0 Å². The van der Waals surface area contributed by atoms with Crippen molar-refractivity contribution in [3.05, 3.63) is 35.9 Å². The van der Waals surface area contributed by atoms with Crippen LogP contribution in [0.2, 0.25) is 6.32 Å². The number of hydrogen-bond donors (Lipinski definition) is 0. The molecule has 53 heavy (non-hydrogen) atoms. The summed E-state index contributed by atoms with van der Waals surface area (Å²) in [5.41, 5.74) is -3.94. The third kappa shape index (κ3) is 12.9. The molecule has 2 aliphatic heterocycles. The minimum atomic E-state index is -1.47. The highest BCUT2D eigenvalue weighted by atomic mass is 16.7. The Labute approximate surface area is 318 Å². The number of likely N-dealkylation sites (tertiary alicyclic amines) is 1. The zero-order valence-corrected chi connectivity index (χ0v) is 34.6. The Kier molecular flexibility index (Phi) is 14.1. The highest BCUT2D eigenvalue weighted by Crippen LogP contribution is 2.41. The monoisotopic (exact) mass is 744 g/mol. The summed E-state index contributed by atoms with van der Waals surface area (Å²) < 4.78 is 35.7. The fourth-order valence-electron chi connectivity index (χ4n) is 6.46. The maximum atomic E-state index is 14.5. The van der Waals surface area contributed by atoms with Crippen LogP contribution in [0.25, 0.3) is 0 Å². The average molecular weight is 745 g/mol. The topological polar surface area (TPSA) is 130 Å². The molecule has 2 fully saturated rings. The van der Waals surface area contributed by atoms with Gasteiger partial charge < -0.3 is 33.2 Å². The van der Waals surface area contributed by atoms with Crippen LogP contribution in [0, 0.1) is 0 Å². The predicted octanol–water partition coefficient (Wildman–Crippen LogP) is 8.10. The number of carbonyl (C=O) groups is 4. The van der Waals surface area contributed by atoms with Crippen LogP contribution in [0.3, 0.4) is 0 Å². The Morgan fingerprint density at radius 1 is 0.811 bits per heavy atom. The molecule has 1 aromatic rings. The fourth-order valence-corrected chi connectivity index (χ4v) is 6.46. The lowest BCUT2D eigenvalue weighted by molar-refractivity contribution is -0.158. The number of unbranched alkanes of at least 4 members (excludes halogenated alkanes) is 1. The Bertz CT molecular complexity index is 1400. The molecular weight excluding hydrogens is 679 g/mol. The molecule has 298 valence electrons. The predicted molar refractivity (Wildman–Crippen MR) is 203 cm³/mol. The van der Waals surface area contributed by atoms with E-state index in [1.165, 1.54) is 9.80 Å². The van der Waals surface area contributed by atoms with E-state index in [2.05, 4.69) is 0 Å². The summed E-state index contributed by atoms with van der Waals surface area (Å²) in [6.45, 7) is 24.2. The van der Waals surface area contributed by atoms with Gasteiger partial charge in [-0.1, -0.05) is 43.2 Å². The number of amides is 2. The molecule has 3 rings (SSSR count). The van der Waals surface area contributed by atoms with Crippen molar-refractivity contribution >= 4 is 31.2 Å². The molecule has 2 amide bonds. The van der Waals surface area contributed by atoms with Crippen molar-refractivity contribution < 1.29 is 47.4 Å². The van der Waals surface area contributed by atoms with Gasteiger partial charge in [0, 0.05) is 25.9 Å². The van der Waals surface area contributed by atoms with Crippen molar-refractivity contribution in [2.24, 2.45) is 0 Å². The van der Waals surface area contributed by atoms with Gasteiger partial charge in [-0.3, -0.25) is 9.69 Å². The Hall–Kier alpha value is -3.32. The van der Waals surface area contributed by atoms with Gasteiger partial charge >= 0.3 is 31.2 Å². The van der Waals surface area contributed by atoms with Gasteiger partial charge in [0.05, 0.1) is 17.2 Å². The average Bonchev–Trinajstić information content (AvgIpc) is 3.47. The third-order valence-electron chi connectivity index (χ3n) is 9.54. The molecule has 0 spiro atoms. The lowest BCUT2D eigenvalue weighted by atomic mass is 9.80. The van der Waals surface area contributed by atoms with Crippen LogP contribution >= 0.6 is 0 Å². The van der Waals surface area contributed by atoms with Crippen LogP contribution in [0.4, 0.5) is 9.59 Å². The van der Waals surface area contributed by atoms with Crippen LogP contribution < -0.4 is 0 Å². The van der Waals surface area contributed by atoms with E-state index in [4.69, 9.17) is 28.3 Å². The molecule has 1 aromatic carbocycles. The number of rotatable bonds is 13. The van der Waals surface area contributed by atoms with Crippen molar-refractivity contribution in [3.63, 3.8) is 0 Å². The van der Waals surface area contributed by atoms with Crippen molar-refractivity contribution in [2.75, 3.05) is 13.1 Å². The molecule has 2 saturated heterocycles. The first-order valence-electron chi connectivity index (χ1n) is 19.0. The van der Waals surface area contributed by atoms with Gasteiger partial charge in [0.1, 0.15) is 28.9 Å². The smallest absolute Gasteiger partial charge is 0.457 e. The number of benzene rings is 1. The van der Waals surface area contributed by atoms with Gasteiger partial charge in [-0.15, -0.1) is 0 Å². The second-order valence-electron chi connectivity index (χ2n) is 18.3. The molecule has 0 aromatic heterocycles. The van der Waals surface area contributed by atoms with Crippen LogP contribution in [0.15, 0.2) is 30.3 Å². The Morgan fingerprint density at radius 2 is 1.38 bits per heavy atom. The van der Waals surface area contributed by atoms with Crippen molar-refractivity contribution in [3.8, 4) is 0 Å². The maximum absolute atomic E-state index is 14.5. The molecule has 2 atom stereocenters. The highest BCUT2D eigenvalue weighted by molar-refractivity contribution is 6.45. The zero-order valence-electron chi connectivity index (χ0n) is 34.6. The van der Waals surface area contributed by atoms with Crippen molar-refractivity contribution in [2.45, 2.75) is 181 Å². The maximum Gasteiger partial charge on any atom is 0.457 e. The summed E-state index contributed by atoms with van der Waals surface area (Å²) in [7, 11) is -0.410. The van der Waals surface area contributed by atoms with E-state index in [-0.39, 0.29) is 51.3 Å². The second kappa shape index (κ2) is 17.0. The quantitative estimate of drug-likeness (QED) is 0.0846. The number of esters is 2. The first-order valence-corrected chi connectivity index (χ1v) is 19.0. The number of ether oxygens (including phenoxy) is 4. The van der Waals surface area contributed by atoms with E-state index in [1.54, 1.807) is 62.3 Å². The van der Waals surface area contributed by atoms with Crippen LogP contribution in [0.1, 0.15) is 134 Å². The lowest BCUT2D eigenvalue weighted by Gasteiger charge is -2.37. The molecular formula is C40H65BN2O10. The van der Waals surface area contributed by atoms with Gasteiger partial charge in [-0.2, -0.15) is 0 Å². The summed E-state index contributed by atoms with van der Waals surface area (Å²) >= 11 is 0. The number of hydrogen-bond acceptors (Lipinski definition) is 10. The molecule has 0 saturated carbocycles. The first-order chi connectivity index (χ1) is 24.2. The SMILES string of the molecule is CC(C)(C)OC(=O)CCCN(C(=O)OC(C)(C)C)[C@H]1CN(C(=O)OC(C)(C)C)C(CCCCB2OC(C)(C)C(C)(C)O2)(C(=O)OCc2ccccc2)C1. The van der Waals surface area contributed by atoms with Crippen molar-refractivity contribution in [1.82, 2.24) is 9.80 Å². The third-order valence-corrected chi connectivity index (χ3v) is 9.54. The first kappa shape index (κ1) is 44.1. The minimum absolute atomic E-state index is 0.00173. The normalized spacial score (nSPS) is 21.3. The summed E-state index contributed by atoms with van der Waals surface area (Å²) in [5.74, 6) is -0.965. The van der Waals surface area contributed by atoms with E-state index >= 15 is 0 Å². The summed E-state index contributed by atoms with van der Waals surface area (Å²) in [6, 6.07) is 8.69. The zero-order chi connectivity index (χ0) is 40.0. The molecule has 13 heteroatoms. The number of nitrogens with zero attached hydrogens (tertiary/aromatic N) is 2. The summed E-state index contributed by atoms with van der Waals surface area (Å²) in [6.07, 6.45) is 1.17. The van der Waals surface area contributed by atoms with Gasteiger partial charge in [0.15, 0.2) is 0 Å². The van der Waals surface area contributed by atoms with Crippen molar-refractivity contribution in [1.29, 1.82) is 0 Å². The summed E-state index contributed by atoms with van der Waals surface area (Å²) in [5, 5.41) is 0. The molecule has 12 nitrogen and oxygen atoms in total. The van der Waals surface area contributed by atoms with E-state index < -0.39 is 64.9 Å². The largest absolute Gasteiger partial charge is 0.460 e. The molecule has 2 aliphatic rings. The Morgan fingerprint density at radius 3 is 1.92 bits per heavy atom. The van der Waals surface area contributed by atoms with Crippen LogP contribution in [-0.4, -0.2) is 93.7 Å². The standard InChI is InChI=1S/C40H65BN2O10/c1-35(2,3)49-31(44)22-19-25-42(33(46)50-36(4,5)6)30-26-40(43(27-30)34(47)51-37(7,8)9,32(45)48-28-29-20-15-14-16-21-29)23-17-18-24-41-52-38(10,11)39(12,13)53-41/h14-16,20-21,30H,17-19,22-28H2,1-13H3/t30-,40?/m1/s1. The minimum Gasteiger partial charge on any atom is -0.460 e. The van der Waals surface area contributed by atoms with Gasteiger partial charge in [-0.25, -0.2) is 14.4 Å². The summed E-state index contributed by atoms with van der Waals surface area (Å²) in [4.78, 5) is 58.1. The highest BCUT2D eigenvalue weighted by Gasteiger charge is 2.57. The Balaban J connectivity index is 1.97. The molecule has 0 bridgehead atoms. The van der Waals surface area contributed by atoms with Gasteiger partial charge in [0.25, 0.3) is 0 Å². The second-order valence-corrected chi connectivity index (χ2v) is 18.3. The van der Waals surface area contributed by atoms with E-state index in [9.17, 15) is 19.2 Å². The van der Waals surface area contributed by atoms with Crippen LogP contribution in [-0.2, 0) is 44.5 Å². The van der Waals surface area contributed by atoms with Gasteiger partial charge in [0.2, 0.25) is 0 Å². The molecule has 0 N–H and O–H groups in total. The molecule has 0 radical (unpaired) electrons. The van der Waals surface area contributed by atoms with Gasteiger partial charge in [-0.05, 0) is 115 Å². The van der Waals surface area contributed by atoms with E-state index in [0.29, 0.717) is 19.2 Å². The fraction of sp³-hybridized carbons (Fsp3) is 0.750. The molecule has 0 aliphatic carbocycles. The molecule has 2 heterocycles. The number of carbonyl (C=O) groups excluding carboxylic acids is 4. The van der Waals surface area contributed by atoms with Crippen LogP contribution in [0.5, 0.6) is 0 Å². The van der Waals surface area contributed by atoms with E-state index in [0.717, 1.165) is 5.56 Å². The molecule has 1 unspecified atom stereocenters.